The summed E-state index contributed by atoms with van der Waals surface area (Å²) in [6.07, 6.45) is -1.77. The van der Waals surface area contributed by atoms with Crippen LogP contribution in [-0.2, 0) is 13.0 Å². The van der Waals surface area contributed by atoms with Crippen molar-refractivity contribution in [3.05, 3.63) is 65.2 Å². The monoisotopic (exact) mass is 418 g/mol. The highest BCUT2D eigenvalue weighted by atomic mass is 19.3. The maximum Gasteiger partial charge on any atom is 0.272 e. The number of amides is 1. The van der Waals surface area contributed by atoms with E-state index < -0.39 is 13.0 Å². The van der Waals surface area contributed by atoms with E-state index in [2.05, 4.69) is 15.6 Å². The number of aliphatic imine (C=N–C) groups is 1. The Kier molecular flexibility index (Phi) is 9.05. The molecule has 0 saturated heterocycles. The van der Waals surface area contributed by atoms with Crippen LogP contribution < -0.4 is 15.4 Å². The van der Waals surface area contributed by atoms with Gasteiger partial charge in [0.25, 0.3) is 12.3 Å². The predicted octanol–water partition coefficient (Wildman–Crippen LogP) is 2.94. The normalized spacial score (nSPS) is 11.3. The van der Waals surface area contributed by atoms with Gasteiger partial charge < -0.3 is 20.3 Å². The second kappa shape index (κ2) is 11.7. The zero-order valence-electron chi connectivity index (χ0n) is 17.5. The number of hydrogen-bond acceptors (Lipinski definition) is 3. The Balaban J connectivity index is 1.82. The predicted molar refractivity (Wildman–Crippen MR) is 114 cm³/mol. The number of nitrogens with one attached hydrogen (secondary N) is 2. The van der Waals surface area contributed by atoms with Crippen molar-refractivity contribution in [1.29, 1.82) is 0 Å². The van der Waals surface area contributed by atoms with Crippen molar-refractivity contribution >= 4 is 11.9 Å². The maximum atomic E-state index is 12.3. The number of carbonyl (C=O) groups excluding carboxylic acids is 1. The van der Waals surface area contributed by atoms with Gasteiger partial charge in [0, 0.05) is 39.8 Å². The molecule has 0 unspecified atom stereocenters. The van der Waals surface area contributed by atoms with Gasteiger partial charge in [0.2, 0.25) is 0 Å². The van der Waals surface area contributed by atoms with Gasteiger partial charge in [-0.3, -0.25) is 9.79 Å². The number of carbonyl (C=O) groups is 1. The third kappa shape index (κ3) is 7.69. The van der Waals surface area contributed by atoms with Crippen molar-refractivity contribution in [2.75, 3.05) is 34.3 Å². The molecular weight excluding hydrogens is 390 g/mol. The first-order chi connectivity index (χ1) is 14.4. The first-order valence-electron chi connectivity index (χ1n) is 9.64. The molecule has 0 spiro atoms. The summed E-state index contributed by atoms with van der Waals surface area (Å²) in [6.45, 7) is 0.483. The van der Waals surface area contributed by atoms with Crippen LogP contribution in [0.2, 0.25) is 0 Å². The van der Waals surface area contributed by atoms with E-state index in [9.17, 15) is 13.6 Å². The molecule has 8 heteroatoms. The van der Waals surface area contributed by atoms with Crippen molar-refractivity contribution in [3.63, 3.8) is 0 Å². The van der Waals surface area contributed by atoms with Crippen molar-refractivity contribution in [3.8, 4) is 5.75 Å². The SMILES string of the molecule is CN=C(NCCc1cccc(C(=O)N(C)C)c1)NCc1cccc(OCC(F)F)c1. The molecule has 0 aromatic heterocycles. The van der Waals surface area contributed by atoms with E-state index in [0.29, 0.717) is 30.4 Å². The summed E-state index contributed by atoms with van der Waals surface area (Å²) in [5, 5.41) is 6.41. The van der Waals surface area contributed by atoms with Crippen molar-refractivity contribution in [2.45, 2.75) is 19.4 Å². The average molecular weight is 418 g/mol. The molecule has 0 aliphatic carbocycles. The highest BCUT2D eigenvalue weighted by molar-refractivity contribution is 5.94. The van der Waals surface area contributed by atoms with Crippen LogP contribution in [0.4, 0.5) is 8.78 Å². The van der Waals surface area contributed by atoms with Gasteiger partial charge in [-0.15, -0.1) is 0 Å². The van der Waals surface area contributed by atoms with Gasteiger partial charge in [0.1, 0.15) is 12.4 Å². The Morgan fingerprint density at radius 2 is 1.83 bits per heavy atom. The van der Waals surface area contributed by atoms with Gasteiger partial charge in [-0.05, 0) is 41.8 Å². The van der Waals surface area contributed by atoms with Crippen molar-refractivity contribution in [1.82, 2.24) is 15.5 Å². The minimum absolute atomic E-state index is 0.0259. The molecule has 2 aromatic rings. The van der Waals surface area contributed by atoms with Crippen LogP contribution in [0.25, 0.3) is 0 Å². The Morgan fingerprint density at radius 1 is 1.10 bits per heavy atom. The highest BCUT2D eigenvalue weighted by Crippen LogP contribution is 2.14. The molecule has 0 aliphatic heterocycles. The second-order valence-electron chi connectivity index (χ2n) is 6.85. The van der Waals surface area contributed by atoms with Crippen molar-refractivity contribution in [2.24, 2.45) is 4.99 Å². The highest BCUT2D eigenvalue weighted by Gasteiger charge is 2.08. The Labute approximate surface area is 175 Å². The minimum Gasteiger partial charge on any atom is -0.488 e. The van der Waals surface area contributed by atoms with Gasteiger partial charge in [-0.2, -0.15) is 0 Å². The van der Waals surface area contributed by atoms with E-state index in [-0.39, 0.29) is 5.91 Å². The molecule has 0 aliphatic rings. The Bertz CT molecular complexity index is 857. The van der Waals surface area contributed by atoms with Crippen LogP contribution in [0.5, 0.6) is 5.75 Å². The lowest BCUT2D eigenvalue weighted by Crippen LogP contribution is -2.37. The summed E-state index contributed by atoms with van der Waals surface area (Å²) in [4.78, 5) is 17.8. The minimum atomic E-state index is -2.50. The third-order valence-electron chi connectivity index (χ3n) is 4.24. The molecule has 30 heavy (non-hydrogen) atoms. The summed E-state index contributed by atoms with van der Waals surface area (Å²) in [7, 11) is 5.13. The smallest absolute Gasteiger partial charge is 0.272 e. The van der Waals surface area contributed by atoms with Gasteiger partial charge in [-0.1, -0.05) is 24.3 Å². The Morgan fingerprint density at radius 3 is 2.53 bits per heavy atom. The van der Waals surface area contributed by atoms with E-state index in [0.717, 1.165) is 17.5 Å². The van der Waals surface area contributed by atoms with Gasteiger partial charge in [0.05, 0.1) is 0 Å². The number of ether oxygens (including phenoxy) is 1. The van der Waals surface area contributed by atoms with Crippen LogP contribution >= 0.6 is 0 Å². The van der Waals surface area contributed by atoms with E-state index in [1.165, 1.54) is 0 Å². The van der Waals surface area contributed by atoms with Crippen LogP contribution in [0.15, 0.2) is 53.5 Å². The fourth-order valence-corrected chi connectivity index (χ4v) is 2.75. The molecule has 2 N–H and O–H groups in total. The van der Waals surface area contributed by atoms with Crippen LogP contribution in [-0.4, -0.2) is 57.5 Å². The summed E-state index contributed by atoms with van der Waals surface area (Å²) in [5.41, 5.74) is 2.60. The van der Waals surface area contributed by atoms with Crippen LogP contribution in [0, 0.1) is 0 Å². The summed E-state index contributed by atoms with van der Waals surface area (Å²) >= 11 is 0. The lowest BCUT2D eigenvalue weighted by molar-refractivity contribution is 0.0817. The number of halogens is 2. The molecule has 162 valence electrons. The number of benzene rings is 2. The van der Waals surface area contributed by atoms with E-state index in [4.69, 9.17) is 4.74 Å². The molecule has 0 heterocycles. The fourth-order valence-electron chi connectivity index (χ4n) is 2.75. The molecule has 2 aromatic carbocycles. The molecule has 0 fully saturated rings. The van der Waals surface area contributed by atoms with Crippen LogP contribution in [0.1, 0.15) is 21.5 Å². The second-order valence-corrected chi connectivity index (χ2v) is 6.85. The van der Waals surface area contributed by atoms with E-state index in [1.54, 1.807) is 50.3 Å². The van der Waals surface area contributed by atoms with E-state index in [1.807, 2.05) is 24.3 Å². The molecule has 1 amide bonds. The Hall–Kier alpha value is -3.16. The lowest BCUT2D eigenvalue weighted by atomic mass is 10.1. The average Bonchev–Trinajstić information content (AvgIpc) is 2.74. The van der Waals surface area contributed by atoms with Gasteiger partial charge in [-0.25, -0.2) is 8.78 Å². The zero-order chi connectivity index (χ0) is 21.9. The molecule has 2 rings (SSSR count). The van der Waals surface area contributed by atoms with Gasteiger partial charge in [0.15, 0.2) is 5.96 Å². The largest absolute Gasteiger partial charge is 0.488 e. The lowest BCUT2D eigenvalue weighted by Gasteiger charge is -2.14. The van der Waals surface area contributed by atoms with Gasteiger partial charge >= 0.3 is 0 Å². The summed E-state index contributed by atoms with van der Waals surface area (Å²) in [6, 6.07) is 14.6. The van der Waals surface area contributed by atoms with Crippen molar-refractivity contribution < 1.29 is 18.3 Å². The summed E-state index contributed by atoms with van der Waals surface area (Å²) in [5.74, 6) is 1.00. The molecular formula is C22H28F2N4O2. The quantitative estimate of drug-likeness (QED) is 0.486. The number of hydrogen-bond donors (Lipinski definition) is 2. The molecule has 0 bridgehead atoms. The zero-order valence-corrected chi connectivity index (χ0v) is 17.5. The molecule has 6 nitrogen and oxygen atoms in total. The van der Waals surface area contributed by atoms with E-state index >= 15 is 0 Å². The molecule has 0 radical (unpaired) electrons. The number of rotatable bonds is 9. The first kappa shape index (κ1) is 23.1. The topological polar surface area (TPSA) is 66.0 Å². The number of nitrogens with zero attached hydrogens (tertiary/aromatic N) is 2. The number of alkyl halides is 2. The molecule has 0 saturated carbocycles. The molecule has 0 atom stereocenters. The fraction of sp³-hybridized carbons (Fsp3) is 0.364. The van der Waals surface area contributed by atoms with Crippen LogP contribution in [0.3, 0.4) is 0 Å². The maximum absolute atomic E-state index is 12.3. The first-order valence-corrected chi connectivity index (χ1v) is 9.64. The number of guanidine groups is 1. The third-order valence-corrected chi connectivity index (χ3v) is 4.24. The summed E-state index contributed by atoms with van der Waals surface area (Å²) < 4.78 is 29.6. The standard InChI is InChI=1S/C22H28F2N4O2/c1-25-22(27-14-17-7-5-9-19(13-17)30-15-20(23)24)26-11-10-16-6-4-8-18(12-16)21(29)28(2)3/h4-9,12-13,20H,10-11,14-15H2,1-3H3,(H2,25,26,27).